The normalized spacial score (nSPS) is 24.0. The number of methoxy groups -OCH3 is 1. The largest absolute Gasteiger partial charge is 0.496 e. The van der Waals surface area contributed by atoms with E-state index in [0.717, 1.165) is 38.2 Å². The second kappa shape index (κ2) is 6.24. The number of carbonyl (C=O) groups is 1. The molecule has 2 saturated heterocycles. The molecule has 0 bridgehead atoms. The summed E-state index contributed by atoms with van der Waals surface area (Å²) in [5, 5.41) is 3.37. The number of hydrogen-bond acceptors (Lipinski definition) is 3. The van der Waals surface area contributed by atoms with E-state index in [4.69, 9.17) is 4.74 Å². The lowest BCUT2D eigenvalue weighted by Crippen LogP contribution is -2.44. The molecule has 0 aromatic heterocycles. The van der Waals surface area contributed by atoms with Crippen molar-refractivity contribution in [3.8, 4) is 5.75 Å². The van der Waals surface area contributed by atoms with E-state index in [-0.39, 0.29) is 23.7 Å². The predicted octanol–water partition coefficient (Wildman–Crippen LogP) is 2.04. The summed E-state index contributed by atoms with van der Waals surface area (Å²) in [6, 6.07) is 8.12. The number of nitrogens with zero attached hydrogens (tertiary/aromatic N) is 1. The van der Waals surface area contributed by atoms with Gasteiger partial charge in [-0.25, -0.2) is 0 Å². The minimum absolute atomic E-state index is 0. The summed E-state index contributed by atoms with van der Waals surface area (Å²) in [6.45, 7) is 2.63. The third kappa shape index (κ3) is 2.51. The summed E-state index contributed by atoms with van der Waals surface area (Å²) in [5.41, 5.74) is 0.934. The van der Waals surface area contributed by atoms with Gasteiger partial charge in [-0.05, 0) is 32.0 Å². The van der Waals surface area contributed by atoms with Crippen molar-refractivity contribution in [3.63, 3.8) is 0 Å². The van der Waals surface area contributed by atoms with Crippen molar-refractivity contribution in [2.24, 2.45) is 5.41 Å². The van der Waals surface area contributed by atoms with Crippen LogP contribution in [0.5, 0.6) is 5.75 Å². The van der Waals surface area contributed by atoms with Gasteiger partial charge in [0.2, 0.25) is 5.91 Å². The van der Waals surface area contributed by atoms with Crippen molar-refractivity contribution in [3.05, 3.63) is 29.8 Å². The summed E-state index contributed by atoms with van der Waals surface area (Å²) >= 11 is 0. The summed E-state index contributed by atoms with van der Waals surface area (Å²) in [6.07, 6.45) is 1.83. The molecule has 5 heteroatoms. The van der Waals surface area contributed by atoms with E-state index in [0.29, 0.717) is 5.91 Å². The maximum absolute atomic E-state index is 12.7. The number of likely N-dealkylation sites (tertiary alicyclic amines) is 1. The number of nitrogens with one attached hydrogen (secondary N) is 1. The van der Waals surface area contributed by atoms with Gasteiger partial charge in [-0.15, -0.1) is 12.4 Å². The molecule has 0 aliphatic carbocycles. The van der Waals surface area contributed by atoms with Gasteiger partial charge in [0.1, 0.15) is 5.75 Å². The number of rotatable bonds is 2. The lowest BCUT2D eigenvalue weighted by molar-refractivity contribution is -0.136. The lowest BCUT2D eigenvalue weighted by atomic mass is 9.68. The molecular weight excluding hydrogens is 288 g/mol. The van der Waals surface area contributed by atoms with E-state index in [9.17, 15) is 4.79 Å². The average Bonchev–Trinajstić information content (AvgIpc) is 2.73. The van der Waals surface area contributed by atoms with Gasteiger partial charge in [-0.2, -0.15) is 0 Å². The van der Waals surface area contributed by atoms with E-state index in [1.807, 2.05) is 30.1 Å². The Kier molecular flexibility index (Phi) is 4.79. The third-order valence-electron chi connectivity index (χ3n) is 4.91. The highest BCUT2D eigenvalue weighted by Gasteiger charge is 2.53. The van der Waals surface area contributed by atoms with E-state index in [1.165, 1.54) is 5.56 Å². The first-order valence-corrected chi connectivity index (χ1v) is 7.28. The number of piperidine rings is 1. The van der Waals surface area contributed by atoms with Crippen molar-refractivity contribution in [2.45, 2.75) is 18.8 Å². The van der Waals surface area contributed by atoms with Gasteiger partial charge in [0.15, 0.2) is 0 Å². The molecule has 2 aliphatic rings. The summed E-state index contributed by atoms with van der Waals surface area (Å²) in [4.78, 5) is 14.6. The summed E-state index contributed by atoms with van der Waals surface area (Å²) in [5.74, 6) is 1.44. The zero-order valence-electron chi connectivity index (χ0n) is 12.6. The number of para-hydroxylation sites is 1. The van der Waals surface area contributed by atoms with Gasteiger partial charge in [0.25, 0.3) is 0 Å². The highest BCUT2D eigenvalue weighted by molar-refractivity contribution is 5.87. The van der Waals surface area contributed by atoms with Crippen LogP contribution in [0.3, 0.4) is 0 Å². The minimum Gasteiger partial charge on any atom is -0.496 e. The van der Waals surface area contributed by atoms with E-state index in [1.54, 1.807) is 7.11 Å². The highest BCUT2D eigenvalue weighted by atomic mass is 35.5. The van der Waals surface area contributed by atoms with Crippen molar-refractivity contribution in [1.82, 2.24) is 10.2 Å². The molecule has 21 heavy (non-hydrogen) atoms. The standard InChI is InChI=1S/C16H22N2O2.ClH/c1-18-11-13(12-5-3-4-6-14(12)20-2)16(15(18)19)7-9-17-10-8-16;/h3-6,13,17H,7-11H2,1-2H3;1H. The molecule has 116 valence electrons. The molecule has 1 aromatic carbocycles. The number of likely N-dealkylation sites (N-methyl/N-ethyl adjacent to an activating group) is 1. The molecule has 2 aliphatic heterocycles. The first-order valence-electron chi connectivity index (χ1n) is 7.28. The molecule has 2 heterocycles. The van der Waals surface area contributed by atoms with Crippen LogP contribution in [-0.4, -0.2) is 44.6 Å². The molecule has 0 saturated carbocycles. The number of halogens is 1. The Hall–Kier alpha value is -1.26. The van der Waals surface area contributed by atoms with Crippen LogP contribution in [0.25, 0.3) is 0 Å². The van der Waals surface area contributed by atoms with Crippen molar-refractivity contribution >= 4 is 18.3 Å². The average molecular weight is 311 g/mol. The van der Waals surface area contributed by atoms with Gasteiger partial charge in [0.05, 0.1) is 12.5 Å². The maximum atomic E-state index is 12.7. The van der Waals surface area contributed by atoms with Crippen LogP contribution in [0, 0.1) is 5.41 Å². The lowest BCUT2D eigenvalue weighted by Gasteiger charge is -2.37. The van der Waals surface area contributed by atoms with Crippen LogP contribution in [-0.2, 0) is 4.79 Å². The Morgan fingerprint density at radius 3 is 2.62 bits per heavy atom. The maximum Gasteiger partial charge on any atom is 0.229 e. The first-order chi connectivity index (χ1) is 9.69. The quantitative estimate of drug-likeness (QED) is 0.909. The van der Waals surface area contributed by atoms with Gasteiger partial charge in [-0.3, -0.25) is 4.79 Å². The Balaban J connectivity index is 0.00000161. The van der Waals surface area contributed by atoms with Crippen LogP contribution >= 0.6 is 12.4 Å². The minimum atomic E-state index is -0.241. The number of carbonyl (C=O) groups excluding carboxylic acids is 1. The molecule has 4 nitrogen and oxygen atoms in total. The molecule has 0 radical (unpaired) electrons. The van der Waals surface area contributed by atoms with E-state index < -0.39 is 0 Å². The molecule has 1 amide bonds. The number of benzene rings is 1. The zero-order chi connectivity index (χ0) is 14.2. The van der Waals surface area contributed by atoms with Crippen molar-refractivity contribution in [2.75, 3.05) is 33.8 Å². The Morgan fingerprint density at radius 1 is 1.29 bits per heavy atom. The predicted molar refractivity (Wildman–Crippen MR) is 85.2 cm³/mol. The topological polar surface area (TPSA) is 41.6 Å². The van der Waals surface area contributed by atoms with Crippen LogP contribution < -0.4 is 10.1 Å². The van der Waals surface area contributed by atoms with Gasteiger partial charge >= 0.3 is 0 Å². The van der Waals surface area contributed by atoms with Gasteiger partial charge in [0, 0.05) is 25.1 Å². The highest BCUT2D eigenvalue weighted by Crippen LogP contribution is 2.51. The number of ether oxygens (including phenoxy) is 1. The van der Waals surface area contributed by atoms with Crippen LogP contribution in [0.1, 0.15) is 24.3 Å². The summed E-state index contributed by atoms with van der Waals surface area (Å²) in [7, 11) is 3.62. The molecule has 1 unspecified atom stereocenters. The molecule has 1 N–H and O–H groups in total. The zero-order valence-corrected chi connectivity index (χ0v) is 13.4. The second-order valence-corrected chi connectivity index (χ2v) is 5.89. The Morgan fingerprint density at radius 2 is 1.95 bits per heavy atom. The smallest absolute Gasteiger partial charge is 0.229 e. The SMILES string of the molecule is COc1ccccc1C1CN(C)C(=O)C12CCNCC2.Cl. The molecular formula is C16H23ClN2O2. The molecule has 1 aromatic rings. The Labute approximate surface area is 132 Å². The van der Waals surface area contributed by atoms with Crippen LogP contribution in [0.2, 0.25) is 0 Å². The van der Waals surface area contributed by atoms with Gasteiger partial charge < -0.3 is 15.0 Å². The molecule has 1 atom stereocenters. The number of amides is 1. The monoisotopic (exact) mass is 310 g/mol. The van der Waals surface area contributed by atoms with Gasteiger partial charge in [-0.1, -0.05) is 18.2 Å². The third-order valence-corrected chi connectivity index (χ3v) is 4.91. The molecule has 2 fully saturated rings. The van der Waals surface area contributed by atoms with Crippen molar-refractivity contribution < 1.29 is 9.53 Å². The fourth-order valence-electron chi connectivity index (χ4n) is 3.85. The van der Waals surface area contributed by atoms with Crippen LogP contribution in [0.15, 0.2) is 24.3 Å². The van der Waals surface area contributed by atoms with E-state index >= 15 is 0 Å². The Bertz CT molecular complexity index is 515. The summed E-state index contributed by atoms with van der Waals surface area (Å²) < 4.78 is 5.52. The molecule has 1 spiro atoms. The molecule has 3 rings (SSSR count). The fraction of sp³-hybridized carbons (Fsp3) is 0.562. The van der Waals surface area contributed by atoms with Crippen LogP contribution in [0.4, 0.5) is 0 Å². The van der Waals surface area contributed by atoms with E-state index in [2.05, 4.69) is 11.4 Å². The first kappa shape index (κ1) is 16.1. The second-order valence-electron chi connectivity index (χ2n) is 5.89. The number of hydrogen-bond donors (Lipinski definition) is 1. The fourth-order valence-corrected chi connectivity index (χ4v) is 3.85. The van der Waals surface area contributed by atoms with Crippen molar-refractivity contribution in [1.29, 1.82) is 0 Å².